The van der Waals surface area contributed by atoms with Crippen molar-refractivity contribution in [2.24, 2.45) is 0 Å². The average Bonchev–Trinajstić information content (AvgIpc) is 2.21. The zero-order valence-corrected chi connectivity index (χ0v) is 8.97. The lowest BCUT2D eigenvalue weighted by Gasteiger charge is -2.04. The first-order chi connectivity index (χ1) is 6.91. The third-order valence-electron chi connectivity index (χ3n) is 1.82. The second kappa shape index (κ2) is 12.8. The molecule has 0 unspecified atom stereocenters. The van der Waals surface area contributed by atoms with E-state index in [1.165, 1.54) is 19.3 Å². The number of hydrogen-bond acceptors (Lipinski definition) is 3. The fraction of sp³-hybridized carbons (Fsp3) is 1.00. The summed E-state index contributed by atoms with van der Waals surface area (Å²) in [6.45, 7) is 4.35. The predicted octanol–water partition coefficient (Wildman–Crippen LogP) is 2.50. The molecule has 0 bridgehead atoms. The highest BCUT2D eigenvalue weighted by molar-refractivity contribution is 4.39. The van der Waals surface area contributed by atoms with Gasteiger partial charge in [0.2, 0.25) is 0 Å². The van der Waals surface area contributed by atoms with Gasteiger partial charge >= 0.3 is 0 Å². The van der Waals surface area contributed by atoms with Crippen molar-refractivity contribution >= 4 is 0 Å². The zero-order valence-electron chi connectivity index (χ0n) is 8.97. The molecule has 0 aromatic rings. The van der Waals surface area contributed by atoms with E-state index in [1.54, 1.807) is 0 Å². The highest BCUT2D eigenvalue weighted by Gasteiger charge is 1.91. The first-order valence-electron chi connectivity index (χ1n) is 5.30. The highest BCUT2D eigenvalue weighted by atomic mass is 19.3. The summed E-state index contributed by atoms with van der Waals surface area (Å²) in [5.41, 5.74) is 0. The van der Waals surface area contributed by atoms with Crippen LogP contribution in [0.25, 0.3) is 0 Å². The molecule has 0 aliphatic heterocycles. The van der Waals surface area contributed by atoms with Gasteiger partial charge in [-0.2, -0.15) is 4.94 Å². The second-order valence-electron chi connectivity index (χ2n) is 3.10. The summed E-state index contributed by atoms with van der Waals surface area (Å²) in [5.74, 6) is 0. The van der Waals surface area contributed by atoms with Gasteiger partial charge < -0.3 is 9.47 Å². The molecule has 0 saturated heterocycles. The summed E-state index contributed by atoms with van der Waals surface area (Å²) in [4.78, 5) is 3.35. The topological polar surface area (TPSA) is 27.7 Å². The van der Waals surface area contributed by atoms with Gasteiger partial charge in [0.1, 0.15) is 6.61 Å². The van der Waals surface area contributed by atoms with Gasteiger partial charge in [0.15, 0.2) is 0 Å². The summed E-state index contributed by atoms with van der Waals surface area (Å²) in [6.07, 6.45) is 4.86. The molecule has 0 N–H and O–H groups in total. The third-order valence-corrected chi connectivity index (χ3v) is 1.82. The summed E-state index contributed by atoms with van der Waals surface area (Å²) >= 11 is 0. The van der Waals surface area contributed by atoms with Crippen molar-refractivity contribution in [2.75, 3.05) is 33.0 Å². The molecular weight excluding hydrogens is 187 g/mol. The van der Waals surface area contributed by atoms with Crippen molar-refractivity contribution in [1.82, 2.24) is 0 Å². The lowest BCUT2D eigenvalue weighted by atomic mass is 10.2. The minimum Gasteiger partial charge on any atom is -0.379 e. The monoisotopic (exact) mass is 208 g/mol. The van der Waals surface area contributed by atoms with E-state index in [0.29, 0.717) is 13.2 Å². The standard InChI is InChI=1S/C10H21FO3/c1-2-3-4-5-6-12-7-8-13-9-10-14-11/h2-10H2,1H3. The van der Waals surface area contributed by atoms with Crippen LogP contribution in [0.5, 0.6) is 0 Å². The molecule has 3 nitrogen and oxygen atoms in total. The Morgan fingerprint density at radius 1 is 0.786 bits per heavy atom. The number of unbranched alkanes of at least 4 members (excludes halogenated alkanes) is 3. The summed E-state index contributed by atoms with van der Waals surface area (Å²) in [7, 11) is 0. The van der Waals surface area contributed by atoms with Gasteiger partial charge in [0.25, 0.3) is 0 Å². The van der Waals surface area contributed by atoms with Gasteiger partial charge in [-0.25, -0.2) is 0 Å². The molecule has 0 heterocycles. The Hall–Kier alpha value is -0.190. The van der Waals surface area contributed by atoms with Crippen LogP contribution in [0.4, 0.5) is 4.53 Å². The molecule has 0 aliphatic carbocycles. The van der Waals surface area contributed by atoms with E-state index in [0.717, 1.165) is 13.0 Å². The Morgan fingerprint density at radius 3 is 2.07 bits per heavy atom. The molecule has 0 saturated carbocycles. The molecule has 4 heteroatoms. The highest BCUT2D eigenvalue weighted by Crippen LogP contribution is 1.98. The third kappa shape index (κ3) is 11.8. The maximum absolute atomic E-state index is 11.1. The quantitative estimate of drug-likeness (QED) is 0.488. The molecule has 0 radical (unpaired) electrons. The fourth-order valence-electron chi connectivity index (χ4n) is 1.04. The van der Waals surface area contributed by atoms with E-state index < -0.39 is 0 Å². The fourth-order valence-corrected chi connectivity index (χ4v) is 1.04. The van der Waals surface area contributed by atoms with E-state index in [1.807, 2.05) is 0 Å². The van der Waals surface area contributed by atoms with Gasteiger partial charge in [-0.05, 0) is 10.9 Å². The van der Waals surface area contributed by atoms with E-state index in [-0.39, 0.29) is 13.2 Å². The number of rotatable bonds is 11. The van der Waals surface area contributed by atoms with Crippen LogP contribution < -0.4 is 0 Å². The van der Waals surface area contributed by atoms with Crippen LogP contribution in [0.15, 0.2) is 0 Å². The van der Waals surface area contributed by atoms with E-state index in [4.69, 9.17) is 9.47 Å². The normalized spacial score (nSPS) is 10.7. The maximum atomic E-state index is 11.1. The van der Waals surface area contributed by atoms with Gasteiger partial charge in [0.05, 0.1) is 19.8 Å². The van der Waals surface area contributed by atoms with Crippen molar-refractivity contribution in [2.45, 2.75) is 32.6 Å². The molecule has 0 aromatic heterocycles. The average molecular weight is 208 g/mol. The Kier molecular flexibility index (Phi) is 12.6. The van der Waals surface area contributed by atoms with Gasteiger partial charge in [0, 0.05) is 6.61 Å². The first kappa shape index (κ1) is 13.8. The van der Waals surface area contributed by atoms with Crippen LogP contribution in [0.2, 0.25) is 0 Å². The molecule has 0 aromatic carbocycles. The smallest absolute Gasteiger partial charge is 0.111 e. The summed E-state index contributed by atoms with van der Waals surface area (Å²) < 4.78 is 21.4. The van der Waals surface area contributed by atoms with E-state index >= 15 is 0 Å². The van der Waals surface area contributed by atoms with Crippen molar-refractivity contribution in [3.05, 3.63) is 0 Å². The SMILES string of the molecule is CCCCCCOCCOCCOF. The molecule has 0 spiro atoms. The van der Waals surface area contributed by atoms with E-state index in [9.17, 15) is 4.53 Å². The van der Waals surface area contributed by atoms with Crippen LogP contribution in [-0.2, 0) is 14.4 Å². The molecule has 0 amide bonds. The minimum atomic E-state index is -0.00347. The molecule has 0 fully saturated rings. The Morgan fingerprint density at radius 2 is 1.43 bits per heavy atom. The van der Waals surface area contributed by atoms with Crippen molar-refractivity contribution < 1.29 is 18.9 Å². The summed E-state index contributed by atoms with van der Waals surface area (Å²) in [5, 5.41) is 0. The molecule has 0 aliphatic rings. The number of ether oxygens (including phenoxy) is 2. The Balaban J connectivity index is 2.78. The Labute approximate surface area is 85.4 Å². The Bertz CT molecular complexity index is 89.4. The van der Waals surface area contributed by atoms with Crippen LogP contribution in [-0.4, -0.2) is 33.0 Å². The van der Waals surface area contributed by atoms with Crippen LogP contribution >= 0.6 is 0 Å². The summed E-state index contributed by atoms with van der Waals surface area (Å²) in [6, 6.07) is 0. The lowest BCUT2D eigenvalue weighted by molar-refractivity contribution is -0.147. The van der Waals surface area contributed by atoms with Crippen molar-refractivity contribution in [1.29, 1.82) is 0 Å². The van der Waals surface area contributed by atoms with Crippen LogP contribution in [0.3, 0.4) is 0 Å². The van der Waals surface area contributed by atoms with Gasteiger partial charge in [-0.3, -0.25) is 0 Å². The van der Waals surface area contributed by atoms with Crippen LogP contribution in [0, 0.1) is 0 Å². The zero-order chi connectivity index (χ0) is 10.5. The number of hydrogen-bond donors (Lipinski definition) is 0. The molecule has 0 atom stereocenters. The molecule has 14 heavy (non-hydrogen) atoms. The second-order valence-corrected chi connectivity index (χ2v) is 3.10. The number of halogens is 1. The van der Waals surface area contributed by atoms with Crippen molar-refractivity contribution in [3.8, 4) is 0 Å². The molecule has 0 rings (SSSR count). The largest absolute Gasteiger partial charge is 0.379 e. The van der Waals surface area contributed by atoms with E-state index in [2.05, 4.69) is 11.9 Å². The maximum Gasteiger partial charge on any atom is 0.111 e. The van der Waals surface area contributed by atoms with Crippen molar-refractivity contribution in [3.63, 3.8) is 0 Å². The van der Waals surface area contributed by atoms with Crippen LogP contribution in [0.1, 0.15) is 32.6 Å². The van der Waals surface area contributed by atoms with Gasteiger partial charge in [-0.1, -0.05) is 26.2 Å². The lowest BCUT2D eigenvalue weighted by Crippen LogP contribution is -2.08. The van der Waals surface area contributed by atoms with Gasteiger partial charge in [-0.15, -0.1) is 0 Å². The first-order valence-corrected chi connectivity index (χ1v) is 5.30. The molecular formula is C10H21FO3. The predicted molar refractivity (Wildman–Crippen MR) is 52.8 cm³/mol. The minimum absolute atomic E-state index is 0.00347. The molecule has 86 valence electrons.